The Bertz CT molecular complexity index is 884. The standard InChI is InChI=1S/C24H31NO4/c1-11-14-7-15-20-24-17(8-14)23(15,21(11)29-13(3)27)9-16-19(24)22(4,10-25(16)20)6-5-18(24)28-12(2)26/h14-21H,1,5-10H2,2-4H3/t14-,15?,16-,17+,18+,19+,20?,21-,22-,23+,24-/m0/s1. The van der Waals surface area contributed by atoms with E-state index in [-0.39, 0.29) is 35.0 Å². The van der Waals surface area contributed by atoms with Gasteiger partial charge in [0.25, 0.3) is 0 Å². The van der Waals surface area contributed by atoms with E-state index < -0.39 is 0 Å². The zero-order valence-corrected chi connectivity index (χ0v) is 17.6. The number of fused-ring (bicyclic) bond motifs is 1. The van der Waals surface area contributed by atoms with Crippen LogP contribution < -0.4 is 0 Å². The number of carbonyl (C=O) groups is 2. The Balaban J connectivity index is 1.45. The third kappa shape index (κ3) is 1.54. The molecule has 6 aliphatic carbocycles. The minimum Gasteiger partial charge on any atom is -0.462 e. The Hall–Kier alpha value is -1.36. The van der Waals surface area contributed by atoms with Crippen LogP contribution in [0.15, 0.2) is 12.2 Å². The summed E-state index contributed by atoms with van der Waals surface area (Å²) in [5.41, 5.74) is 1.57. The molecule has 0 amide bonds. The molecule has 5 heteroatoms. The monoisotopic (exact) mass is 397 g/mol. The Morgan fingerprint density at radius 1 is 1.17 bits per heavy atom. The quantitative estimate of drug-likeness (QED) is 0.530. The lowest BCUT2D eigenvalue weighted by Crippen LogP contribution is -2.66. The molecule has 9 bridgehead atoms. The van der Waals surface area contributed by atoms with Gasteiger partial charge in [0.2, 0.25) is 0 Å². The van der Waals surface area contributed by atoms with Crippen LogP contribution in [0.2, 0.25) is 0 Å². The van der Waals surface area contributed by atoms with E-state index in [0.29, 0.717) is 41.2 Å². The Labute approximate surface area is 172 Å². The maximum atomic E-state index is 12.1. The van der Waals surface area contributed by atoms with E-state index >= 15 is 0 Å². The first-order valence-electron chi connectivity index (χ1n) is 11.5. The minimum absolute atomic E-state index is 0.0147. The highest BCUT2D eigenvalue weighted by Crippen LogP contribution is 2.87. The number of piperidine rings is 2. The van der Waals surface area contributed by atoms with Crippen molar-refractivity contribution in [3.8, 4) is 0 Å². The number of carbonyl (C=O) groups excluding carboxylic acids is 2. The molecule has 12 atom stereocenters. The molecule has 3 saturated heterocycles. The number of ether oxygens (including phenoxy) is 2. The predicted octanol–water partition coefficient (Wildman–Crippen LogP) is 2.93. The second kappa shape index (κ2) is 4.76. The van der Waals surface area contributed by atoms with Crippen LogP contribution in [0.4, 0.5) is 0 Å². The summed E-state index contributed by atoms with van der Waals surface area (Å²) in [5.74, 6) is 1.77. The number of hydrogen-bond donors (Lipinski definition) is 0. The summed E-state index contributed by atoms with van der Waals surface area (Å²) in [6, 6.07) is 1.04. The van der Waals surface area contributed by atoms with Crippen LogP contribution in [0.3, 0.4) is 0 Å². The van der Waals surface area contributed by atoms with Crippen LogP contribution in [-0.4, -0.2) is 47.7 Å². The molecule has 156 valence electrons. The van der Waals surface area contributed by atoms with E-state index in [1.807, 2.05) is 0 Å². The zero-order valence-electron chi connectivity index (χ0n) is 17.6. The molecule has 2 spiro atoms. The second-order valence-corrected chi connectivity index (χ2v) is 11.7. The number of hydrogen-bond acceptors (Lipinski definition) is 5. The largest absolute Gasteiger partial charge is 0.462 e. The summed E-state index contributed by atoms with van der Waals surface area (Å²) in [7, 11) is 0. The summed E-state index contributed by atoms with van der Waals surface area (Å²) in [6.45, 7) is 11.3. The molecule has 9 rings (SSSR count). The number of nitrogens with zero attached hydrogens (tertiary/aromatic N) is 1. The summed E-state index contributed by atoms with van der Waals surface area (Å²) in [4.78, 5) is 27.1. The maximum absolute atomic E-state index is 12.1. The van der Waals surface area contributed by atoms with Crippen LogP contribution in [0.5, 0.6) is 0 Å². The van der Waals surface area contributed by atoms with Crippen molar-refractivity contribution in [2.24, 2.45) is 39.9 Å². The second-order valence-electron chi connectivity index (χ2n) is 11.7. The van der Waals surface area contributed by atoms with Gasteiger partial charge in [-0.1, -0.05) is 13.5 Å². The van der Waals surface area contributed by atoms with Crippen molar-refractivity contribution in [3.63, 3.8) is 0 Å². The Morgan fingerprint density at radius 2 is 1.93 bits per heavy atom. The van der Waals surface area contributed by atoms with E-state index in [2.05, 4.69) is 18.4 Å². The van der Waals surface area contributed by atoms with Gasteiger partial charge < -0.3 is 9.47 Å². The van der Waals surface area contributed by atoms with Crippen LogP contribution in [-0.2, 0) is 19.1 Å². The fourth-order valence-electron chi connectivity index (χ4n) is 11.0. The average Bonchev–Trinajstić information content (AvgIpc) is 3.05. The topological polar surface area (TPSA) is 55.8 Å². The Kier molecular flexibility index (Phi) is 2.85. The van der Waals surface area contributed by atoms with Gasteiger partial charge in [0, 0.05) is 43.3 Å². The molecule has 29 heavy (non-hydrogen) atoms. The van der Waals surface area contributed by atoms with Crippen molar-refractivity contribution in [1.82, 2.24) is 4.90 Å². The van der Waals surface area contributed by atoms with Crippen molar-refractivity contribution in [2.75, 3.05) is 6.54 Å². The van der Waals surface area contributed by atoms with Crippen molar-refractivity contribution < 1.29 is 19.1 Å². The average molecular weight is 398 g/mol. The third-order valence-corrected chi connectivity index (χ3v) is 10.9. The molecule has 0 aromatic rings. The van der Waals surface area contributed by atoms with Gasteiger partial charge in [0.15, 0.2) is 0 Å². The lowest BCUT2D eigenvalue weighted by Gasteiger charge is -2.65. The van der Waals surface area contributed by atoms with E-state index in [4.69, 9.17) is 9.47 Å². The zero-order chi connectivity index (χ0) is 20.1. The molecule has 0 N–H and O–H groups in total. The first-order valence-corrected chi connectivity index (χ1v) is 11.5. The van der Waals surface area contributed by atoms with Gasteiger partial charge in [0.1, 0.15) is 12.2 Å². The first kappa shape index (κ1) is 17.3. The highest BCUT2D eigenvalue weighted by molar-refractivity contribution is 5.67. The van der Waals surface area contributed by atoms with Crippen LogP contribution in [0, 0.1) is 39.9 Å². The van der Waals surface area contributed by atoms with Gasteiger partial charge in [-0.05, 0) is 66.8 Å². The molecule has 9 fully saturated rings. The molecule has 0 aromatic carbocycles. The molecular weight excluding hydrogens is 366 g/mol. The Morgan fingerprint density at radius 3 is 2.66 bits per heavy atom. The van der Waals surface area contributed by atoms with E-state index in [0.717, 1.165) is 31.3 Å². The lowest BCUT2D eigenvalue weighted by molar-refractivity contribution is -0.213. The number of esters is 2. The fourth-order valence-corrected chi connectivity index (χ4v) is 11.0. The smallest absolute Gasteiger partial charge is 0.303 e. The van der Waals surface area contributed by atoms with E-state index in [1.165, 1.54) is 13.0 Å². The molecule has 0 aromatic heterocycles. The molecule has 3 aliphatic heterocycles. The minimum atomic E-state index is -0.181. The van der Waals surface area contributed by atoms with E-state index in [1.54, 1.807) is 13.8 Å². The van der Waals surface area contributed by atoms with Crippen LogP contribution in [0.1, 0.15) is 52.9 Å². The third-order valence-electron chi connectivity index (χ3n) is 10.9. The maximum Gasteiger partial charge on any atom is 0.303 e. The summed E-state index contributed by atoms with van der Waals surface area (Å²) >= 11 is 0. The predicted molar refractivity (Wildman–Crippen MR) is 105 cm³/mol. The number of rotatable bonds is 2. The molecule has 5 nitrogen and oxygen atoms in total. The van der Waals surface area contributed by atoms with Gasteiger partial charge >= 0.3 is 11.9 Å². The van der Waals surface area contributed by atoms with Crippen LogP contribution >= 0.6 is 0 Å². The highest BCUT2D eigenvalue weighted by Gasteiger charge is 2.90. The van der Waals surface area contributed by atoms with Gasteiger partial charge in [-0.15, -0.1) is 0 Å². The summed E-state index contributed by atoms with van der Waals surface area (Å²) in [6.07, 6.45) is 5.50. The van der Waals surface area contributed by atoms with Gasteiger partial charge in [-0.2, -0.15) is 0 Å². The van der Waals surface area contributed by atoms with Crippen molar-refractivity contribution >= 4 is 11.9 Å². The molecule has 6 saturated carbocycles. The molecule has 0 radical (unpaired) electrons. The molecule has 3 heterocycles. The molecular formula is C24H31NO4. The first-order chi connectivity index (χ1) is 13.7. The van der Waals surface area contributed by atoms with Crippen molar-refractivity contribution in [1.29, 1.82) is 0 Å². The SMILES string of the molecule is C=C1[C@H]2CC3C4N5C[C@]6(C)CC[C@@H](OC(C)=O)[C@@]47[C@@H]6[C@@H]5C[C@@]3([C@H]7C2)[C@H]1OC(C)=O. The summed E-state index contributed by atoms with van der Waals surface area (Å²) in [5, 5.41) is 0. The van der Waals surface area contributed by atoms with Gasteiger partial charge in [-0.3, -0.25) is 14.5 Å². The van der Waals surface area contributed by atoms with Gasteiger partial charge in [0.05, 0.1) is 0 Å². The van der Waals surface area contributed by atoms with E-state index in [9.17, 15) is 9.59 Å². The fraction of sp³-hybridized carbons (Fsp3) is 0.833. The lowest BCUT2D eigenvalue weighted by atomic mass is 9.39. The normalized spacial score (nSPS) is 61.9. The highest BCUT2D eigenvalue weighted by atomic mass is 16.5. The van der Waals surface area contributed by atoms with Crippen LogP contribution in [0.25, 0.3) is 0 Å². The molecule has 3 unspecified atom stereocenters. The van der Waals surface area contributed by atoms with Gasteiger partial charge in [-0.25, -0.2) is 0 Å². The summed E-state index contributed by atoms with van der Waals surface area (Å²) < 4.78 is 12.2. The van der Waals surface area contributed by atoms with Crippen molar-refractivity contribution in [3.05, 3.63) is 12.2 Å². The molecule has 9 aliphatic rings. The van der Waals surface area contributed by atoms with Crippen molar-refractivity contribution in [2.45, 2.75) is 77.2 Å².